The van der Waals surface area contributed by atoms with Crippen LogP contribution in [0, 0.1) is 6.92 Å². The number of Topliss-reactive ketones (excluding diaryl/α,β-unsaturated/α-hetero) is 1. The minimum atomic E-state index is -1.09. The fourth-order valence-corrected chi connectivity index (χ4v) is 5.52. The van der Waals surface area contributed by atoms with Gasteiger partial charge < -0.3 is 24.1 Å². The maximum Gasteiger partial charge on any atom is 0.350 e. The average molecular weight is 607 g/mol. The molecule has 0 radical (unpaired) electrons. The number of thiazole rings is 1. The van der Waals surface area contributed by atoms with Gasteiger partial charge in [0.2, 0.25) is 0 Å². The van der Waals surface area contributed by atoms with Crippen molar-refractivity contribution >= 4 is 39.9 Å². The van der Waals surface area contributed by atoms with Gasteiger partial charge in [0, 0.05) is 5.56 Å². The first-order valence-electron chi connectivity index (χ1n) is 13.9. The first-order chi connectivity index (χ1) is 20.7. The van der Waals surface area contributed by atoms with Crippen LogP contribution < -0.4 is 19.1 Å². The standard InChI is InChI=1S/C32H34N2O8S/c1-6-9-17-41-22-13-10-20(11-14-22)27(35)25-26(21-12-15-23(42-16-7-2)24(18-21)39-5)34(30(37)28(25)36)32-33-19(4)29(43-32)31(38)40-8-3/h7,10-15,18,26,35H,2,6,8-9,16-17H2,1,3-5H3/b27-25+. The first kappa shape index (κ1) is 31.3. The van der Waals surface area contributed by atoms with Gasteiger partial charge in [0.1, 0.15) is 23.0 Å². The molecule has 1 aromatic heterocycles. The summed E-state index contributed by atoms with van der Waals surface area (Å²) in [6.45, 7) is 10.00. The van der Waals surface area contributed by atoms with Crippen molar-refractivity contribution in [3.63, 3.8) is 0 Å². The second-order valence-electron chi connectivity index (χ2n) is 9.54. The molecule has 226 valence electrons. The number of aryl methyl sites for hydroxylation is 1. The molecular weight excluding hydrogens is 572 g/mol. The van der Waals surface area contributed by atoms with Crippen LogP contribution in [0.1, 0.15) is 59.2 Å². The molecule has 3 aromatic rings. The van der Waals surface area contributed by atoms with E-state index in [4.69, 9.17) is 18.9 Å². The smallest absolute Gasteiger partial charge is 0.350 e. The molecule has 0 spiro atoms. The fourth-order valence-electron chi connectivity index (χ4n) is 4.54. The number of carbonyl (C=O) groups excluding carboxylic acids is 3. The maximum absolute atomic E-state index is 13.6. The van der Waals surface area contributed by atoms with Crippen molar-refractivity contribution in [1.29, 1.82) is 0 Å². The minimum absolute atomic E-state index is 0.109. The lowest BCUT2D eigenvalue weighted by atomic mass is 9.95. The van der Waals surface area contributed by atoms with Gasteiger partial charge in [-0.25, -0.2) is 9.78 Å². The molecule has 1 aliphatic rings. The third-order valence-electron chi connectivity index (χ3n) is 6.65. The van der Waals surface area contributed by atoms with E-state index in [0.29, 0.717) is 40.7 Å². The van der Waals surface area contributed by atoms with Crippen molar-refractivity contribution in [2.75, 3.05) is 31.8 Å². The summed E-state index contributed by atoms with van der Waals surface area (Å²) < 4.78 is 22.1. The highest BCUT2D eigenvalue weighted by Crippen LogP contribution is 2.45. The predicted octanol–water partition coefficient (Wildman–Crippen LogP) is 6.01. The van der Waals surface area contributed by atoms with Crippen LogP contribution in [0.5, 0.6) is 17.2 Å². The van der Waals surface area contributed by atoms with Crippen molar-refractivity contribution in [3.8, 4) is 17.2 Å². The van der Waals surface area contributed by atoms with Crippen molar-refractivity contribution in [2.24, 2.45) is 0 Å². The number of esters is 1. The van der Waals surface area contributed by atoms with E-state index in [1.165, 1.54) is 12.0 Å². The molecule has 1 unspecified atom stereocenters. The lowest BCUT2D eigenvalue weighted by Crippen LogP contribution is -2.29. The van der Waals surface area contributed by atoms with Crippen LogP contribution >= 0.6 is 11.3 Å². The largest absolute Gasteiger partial charge is 0.507 e. The summed E-state index contributed by atoms with van der Waals surface area (Å²) in [6, 6.07) is 10.5. The molecule has 1 aliphatic heterocycles. The highest BCUT2D eigenvalue weighted by molar-refractivity contribution is 7.17. The molecule has 4 rings (SSSR count). The number of aromatic nitrogens is 1. The molecule has 1 fully saturated rings. The van der Waals surface area contributed by atoms with E-state index in [1.54, 1.807) is 62.4 Å². The second-order valence-corrected chi connectivity index (χ2v) is 10.5. The van der Waals surface area contributed by atoms with Gasteiger partial charge in [-0.05, 0) is 62.2 Å². The zero-order valence-electron chi connectivity index (χ0n) is 24.5. The topological polar surface area (TPSA) is 124 Å². The molecule has 2 aromatic carbocycles. The summed E-state index contributed by atoms with van der Waals surface area (Å²) in [7, 11) is 1.47. The Hall–Kier alpha value is -4.64. The Morgan fingerprint density at radius 3 is 2.51 bits per heavy atom. The van der Waals surface area contributed by atoms with Gasteiger partial charge in [-0.3, -0.25) is 14.5 Å². The number of amides is 1. The van der Waals surface area contributed by atoms with Gasteiger partial charge >= 0.3 is 11.9 Å². The summed E-state index contributed by atoms with van der Waals surface area (Å²) in [5, 5.41) is 11.6. The Morgan fingerprint density at radius 1 is 1.12 bits per heavy atom. The lowest BCUT2D eigenvalue weighted by Gasteiger charge is -2.24. The number of aliphatic hydroxyl groups is 1. The van der Waals surface area contributed by atoms with Crippen LogP contribution in [-0.4, -0.2) is 54.7 Å². The molecule has 43 heavy (non-hydrogen) atoms. The van der Waals surface area contributed by atoms with E-state index in [-0.39, 0.29) is 34.6 Å². The summed E-state index contributed by atoms with van der Waals surface area (Å²) in [6.07, 6.45) is 3.49. The number of hydrogen-bond acceptors (Lipinski definition) is 10. The van der Waals surface area contributed by atoms with E-state index in [1.807, 2.05) is 0 Å². The van der Waals surface area contributed by atoms with Gasteiger partial charge in [0.15, 0.2) is 16.6 Å². The van der Waals surface area contributed by atoms with E-state index in [9.17, 15) is 19.5 Å². The van der Waals surface area contributed by atoms with Gasteiger partial charge in [-0.15, -0.1) is 0 Å². The highest BCUT2D eigenvalue weighted by Gasteiger charge is 2.48. The van der Waals surface area contributed by atoms with E-state index in [0.717, 1.165) is 24.2 Å². The monoisotopic (exact) mass is 606 g/mol. The summed E-state index contributed by atoms with van der Waals surface area (Å²) in [5.74, 6) is -1.35. The molecule has 1 N–H and O–H groups in total. The molecule has 1 saturated heterocycles. The Kier molecular flexibility index (Phi) is 10.2. The Labute approximate surface area is 254 Å². The molecule has 0 aliphatic carbocycles. The van der Waals surface area contributed by atoms with Crippen LogP contribution in [-0.2, 0) is 14.3 Å². The number of rotatable bonds is 13. The van der Waals surface area contributed by atoms with Crippen molar-refractivity contribution in [1.82, 2.24) is 4.98 Å². The fraction of sp³-hybridized carbons (Fsp3) is 0.312. The van der Waals surface area contributed by atoms with Crippen LogP contribution in [0.15, 0.2) is 60.7 Å². The average Bonchev–Trinajstić information content (AvgIpc) is 3.52. The normalized spacial score (nSPS) is 15.8. The Balaban J connectivity index is 1.86. The van der Waals surface area contributed by atoms with Gasteiger partial charge in [0.25, 0.3) is 5.78 Å². The first-order valence-corrected chi connectivity index (χ1v) is 14.7. The molecule has 1 atom stereocenters. The maximum atomic E-state index is 13.6. The minimum Gasteiger partial charge on any atom is -0.507 e. The van der Waals surface area contributed by atoms with Crippen molar-refractivity contribution < 1.29 is 38.4 Å². The number of benzene rings is 2. The summed E-state index contributed by atoms with van der Waals surface area (Å²) in [4.78, 5) is 45.6. The molecule has 1 amide bonds. The molecular formula is C32H34N2O8S. The Morgan fingerprint density at radius 2 is 1.86 bits per heavy atom. The molecule has 10 nitrogen and oxygen atoms in total. The number of anilines is 1. The number of unbranched alkanes of at least 4 members (excludes halogenated alkanes) is 1. The van der Waals surface area contributed by atoms with Crippen molar-refractivity contribution in [3.05, 3.63) is 82.4 Å². The van der Waals surface area contributed by atoms with Gasteiger partial charge in [-0.1, -0.05) is 43.4 Å². The predicted molar refractivity (Wildman–Crippen MR) is 163 cm³/mol. The third-order valence-corrected chi connectivity index (χ3v) is 7.79. The zero-order chi connectivity index (χ0) is 31.1. The van der Waals surface area contributed by atoms with E-state index >= 15 is 0 Å². The highest BCUT2D eigenvalue weighted by atomic mass is 32.1. The van der Waals surface area contributed by atoms with Gasteiger partial charge in [-0.2, -0.15) is 0 Å². The third kappa shape index (κ3) is 6.56. The van der Waals surface area contributed by atoms with Crippen LogP contribution in [0.25, 0.3) is 5.76 Å². The molecule has 2 heterocycles. The summed E-state index contributed by atoms with van der Waals surface area (Å²) >= 11 is 0.934. The number of ketones is 1. The van der Waals surface area contributed by atoms with Crippen LogP contribution in [0.4, 0.5) is 5.13 Å². The van der Waals surface area contributed by atoms with Crippen LogP contribution in [0.3, 0.4) is 0 Å². The van der Waals surface area contributed by atoms with Gasteiger partial charge in [0.05, 0.1) is 37.6 Å². The van der Waals surface area contributed by atoms with E-state index in [2.05, 4.69) is 18.5 Å². The number of nitrogens with zero attached hydrogens (tertiary/aromatic N) is 2. The Bertz CT molecular complexity index is 1540. The molecule has 0 saturated carbocycles. The summed E-state index contributed by atoms with van der Waals surface area (Å²) in [5.41, 5.74) is 0.986. The number of ether oxygens (including phenoxy) is 4. The number of carbonyl (C=O) groups is 3. The SMILES string of the molecule is C=CCOc1ccc(C2/C(=C(\O)c3ccc(OCCCC)cc3)C(=O)C(=O)N2c2nc(C)c(C(=O)OCC)s2)cc1OC. The quantitative estimate of drug-likeness (QED) is 0.0622. The number of hydrogen-bond donors (Lipinski definition) is 1. The molecule has 11 heteroatoms. The second kappa shape index (κ2) is 14.0. The van der Waals surface area contributed by atoms with Crippen LogP contribution in [0.2, 0.25) is 0 Å². The lowest BCUT2D eigenvalue weighted by molar-refractivity contribution is -0.132. The van der Waals surface area contributed by atoms with E-state index < -0.39 is 23.7 Å². The zero-order valence-corrected chi connectivity index (χ0v) is 25.4. The van der Waals surface area contributed by atoms with Crippen molar-refractivity contribution in [2.45, 2.75) is 39.7 Å². The number of methoxy groups -OCH3 is 1. The molecule has 0 bridgehead atoms. The number of aliphatic hydroxyl groups excluding tert-OH is 1.